The summed E-state index contributed by atoms with van der Waals surface area (Å²) in [5.74, 6) is 0.847. The number of benzene rings is 1. The van der Waals surface area contributed by atoms with Crippen LogP contribution >= 0.6 is 24.0 Å². The molecule has 0 aliphatic rings. The lowest BCUT2D eigenvalue weighted by molar-refractivity contribution is -0.0504. The van der Waals surface area contributed by atoms with Gasteiger partial charge in [-0.3, -0.25) is 0 Å². The number of halogens is 3. The number of hydrogen-bond acceptors (Lipinski definition) is 5. The number of methoxy groups -OCH3 is 1. The van der Waals surface area contributed by atoms with Crippen LogP contribution in [-0.2, 0) is 16.4 Å². The van der Waals surface area contributed by atoms with E-state index < -0.39 is 21.2 Å². The number of aliphatic imine (C=N–C) groups is 1. The van der Waals surface area contributed by atoms with Crippen LogP contribution in [0.2, 0.25) is 0 Å². The molecule has 28 heavy (non-hydrogen) atoms. The first-order chi connectivity index (χ1) is 12.5. The third-order valence-corrected chi connectivity index (χ3v) is 6.07. The fourth-order valence-electron chi connectivity index (χ4n) is 1.95. The first-order valence-electron chi connectivity index (χ1n) is 8.33. The van der Waals surface area contributed by atoms with Gasteiger partial charge in [0.25, 0.3) is 0 Å². The van der Waals surface area contributed by atoms with E-state index in [-0.39, 0.29) is 42.8 Å². The van der Waals surface area contributed by atoms with Gasteiger partial charge in [0.2, 0.25) is 0 Å². The molecule has 0 atom stereocenters. The Bertz CT molecular complexity index is 759. The molecule has 7 nitrogen and oxygen atoms in total. The maximum Gasteiger partial charge on any atom is 0.387 e. The fraction of sp³-hybridized carbons (Fsp3) is 0.588. The number of hydrogen-bond donors (Lipinski definition) is 2. The van der Waals surface area contributed by atoms with Crippen LogP contribution in [-0.4, -0.2) is 52.2 Å². The molecule has 0 bridgehead atoms. The van der Waals surface area contributed by atoms with E-state index in [2.05, 4.69) is 20.4 Å². The average Bonchev–Trinajstić information content (AvgIpc) is 2.57. The van der Waals surface area contributed by atoms with Crippen molar-refractivity contribution in [1.82, 2.24) is 10.6 Å². The average molecular weight is 535 g/mol. The molecular weight excluding hydrogens is 507 g/mol. The standard InChI is InChI=1S/C17H27F2N3O4S.HI/c1-6-20-16(22-11-17(2,3)27(5,23)24)21-10-12-9-13(25-4)7-8-14(12)26-15(18)19;/h7-9,15H,6,10-11H2,1-5H3,(H2,20,21,22);1H. The van der Waals surface area contributed by atoms with Crippen molar-refractivity contribution in [2.45, 2.75) is 38.7 Å². The van der Waals surface area contributed by atoms with Crippen LogP contribution in [0.1, 0.15) is 26.3 Å². The third kappa shape index (κ3) is 8.33. The second-order valence-electron chi connectivity index (χ2n) is 6.43. The first kappa shape index (κ1) is 26.6. The number of nitrogens with zero attached hydrogens (tertiary/aromatic N) is 1. The number of alkyl halides is 2. The molecule has 1 aromatic rings. The summed E-state index contributed by atoms with van der Waals surface area (Å²) in [6.45, 7) is 2.83. The second kappa shape index (κ2) is 11.6. The summed E-state index contributed by atoms with van der Waals surface area (Å²) in [4.78, 5) is 4.33. The van der Waals surface area contributed by atoms with Gasteiger partial charge >= 0.3 is 6.61 Å². The van der Waals surface area contributed by atoms with Crippen LogP contribution in [0.5, 0.6) is 11.5 Å². The molecule has 1 aromatic carbocycles. The molecular formula is C17H28F2IN3O4S. The zero-order chi connectivity index (χ0) is 20.7. The van der Waals surface area contributed by atoms with Crippen molar-refractivity contribution in [2.75, 3.05) is 26.5 Å². The van der Waals surface area contributed by atoms with Crippen molar-refractivity contribution in [2.24, 2.45) is 4.99 Å². The van der Waals surface area contributed by atoms with E-state index in [9.17, 15) is 17.2 Å². The lowest BCUT2D eigenvalue weighted by Gasteiger charge is -2.24. The molecule has 11 heteroatoms. The lowest BCUT2D eigenvalue weighted by atomic mass is 10.2. The Hall–Kier alpha value is -1.37. The fourth-order valence-corrected chi connectivity index (χ4v) is 2.29. The first-order valence-corrected chi connectivity index (χ1v) is 10.2. The molecule has 0 amide bonds. The molecule has 0 aromatic heterocycles. The largest absolute Gasteiger partial charge is 0.497 e. The molecule has 0 unspecified atom stereocenters. The van der Waals surface area contributed by atoms with Crippen LogP contribution in [0.25, 0.3) is 0 Å². The predicted molar refractivity (Wildman–Crippen MR) is 117 cm³/mol. The summed E-state index contributed by atoms with van der Waals surface area (Å²) in [7, 11) is -1.81. The van der Waals surface area contributed by atoms with Crippen LogP contribution in [0.15, 0.2) is 23.2 Å². The summed E-state index contributed by atoms with van der Waals surface area (Å²) in [6.07, 6.45) is 1.17. The molecule has 0 fully saturated rings. The smallest absolute Gasteiger partial charge is 0.387 e. The number of ether oxygens (including phenoxy) is 2. The molecule has 0 heterocycles. The molecule has 0 saturated carbocycles. The van der Waals surface area contributed by atoms with E-state index in [1.54, 1.807) is 19.9 Å². The van der Waals surface area contributed by atoms with E-state index in [1.807, 2.05) is 6.92 Å². The van der Waals surface area contributed by atoms with E-state index in [0.29, 0.717) is 23.8 Å². The summed E-state index contributed by atoms with van der Waals surface area (Å²) < 4.78 is 57.5. The maximum atomic E-state index is 12.6. The Labute approximate surface area is 182 Å². The number of nitrogens with one attached hydrogen (secondary N) is 2. The van der Waals surface area contributed by atoms with Gasteiger partial charge < -0.3 is 20.1 Å². The molecule has 2 N–H and O–H groups in total. The van der Waals surface area contributed by atoms with Crippen molar-refractivity contribution < 1.29 is 26.7 Å². The Balaban J connectivity index is 0.00000729. The van der Waals surface area contributed by atoms with Gasteiger partial charge in [0.15, 0.2) is 15.8 Å². The normalized spacial score (nSPS) is 12.4. The number of sulfone groups is 1. The van der Waals surface area contributed by atoms with Gasteiger partial charge in [-0.05, 0) is 39.0 Å². The van der Waals surface area contributed by atoms with Crippen molar-refractivity contribution in [3.8, 4) is 11.5 Å². The molecule has 0 aliphatic carbocycles. The Morgan fingerprint density at radius 1 is 1.29 bits per heavy atom. The van der Waals surface area contributed by atoms with Crippen LogP contribution in [0.3, 0.4) is 0 Å². The Kier molecular flexibility index (Phi) is 11.0. The number of rotatable bonds is 9. The van der Waals surface area contributed by atoms with Gasteiger partial charge in [0.1, 0.15) is 11.5 Å². The molecule has 162 valence electrons. The second-order valence-corrected chi connectivity index (χ2v) is 9.08. The third-order valence-electron chi connectivity index (χ3n) is 3.92. The van der Waals surface area contributed by atoms with Crippen LogP contribution in [0.4, 0.5) is 8.78 Å². The minimum Gasteiger partial charge on any atom is -0.497 e. The summed E-state index contributed by atoms with van der Waals surface area (Å²) in [5, 5.41) is 5.96. The predicted octanol–water partition coefficient (Wildman–Crippen LogP) is 2.79. The van der Waals surface area contributed by atoms with E-state index in [4.69, 9.17) is 4.74 Å². The quantitative estimate of drug-likeness (QED) is 0.287. The maximum absolute atomic E-state index is 12.6. The summed E-state index contributed by atoms with van der Waals surface area (Å²) in [6, 6.07) is 4.47. The minimum absolute atomic E-state index is 0. The topological polar surface area (TPSA) is 89.0 Å². The van der Waals surface area contributed by atoms with Crippen molar-refractivity contribution in [3.05, 3.63) is 23.8 Å². The number of guanidine groups is 1. The zero-order valence-electron chi connectivity index (χ0n) is 16.6. The monoisotopic (exact) mass is 535 g/mol. The van der Waals surface area contributed by atoms with E-state index in [0.717, 1.165) is 0 Å². The van der Waals surface area contributed by atoms with Crippen molar-refractivity contribution in [1.29, 1.82) is 0 Å². The van der Waals surface area contributed by atoms with Gasteiger partial charge in [-0.1, -0.05) is 0 Å². The van der Waals surface area contributed by atoms with Gasteiger partial charge in [0, 0.05) is 24.9 Å². The highest BCUT2D eigenvalue weighted by molar-refractivity contribution is 14.0. The van der Waals surface area contributed by atoms with Gasteiger partial charge in [-0.15, -0.1) is 24.0 Å². The molecule has 1 rings (SSSR count). The summed E-state index contributed by atoms with van der Waals surface area (Å²) in [5.41, 5.74) is 0.411. The Morgan fingerprint density at radius 3 is 2.43 bits per heavy atom. The Morgan fingerprint density at radius 2 is 1.93 bits per heavy atom. The van der Waals surface area contributed by atoms with Crippen molar-refractivity contribution >= 4 is 39.8 Å². The minimum atomic E-state index is -3.27. The van der Waals surface area contributed by atoms with Crippen molar-refractivity contribution in [3.63, 3.8) is 0 Å². The summed E-state index contributed by atoms with van der Waals surface area (Å²) >= 11 is 0. The molecule has 0 radical (unpaired) electrons. The van der Waals surface area contributed by atoms with Gasteiger partial charge in [-0.25, -0.2) is 13.4 Å². The van der Waals surface area contributed by atoms with E-state index >= 15 is 0 Å². The molecule has 0 saturated heterocycles. The molecule has 0 spiro atoms. The zero-order valence-corrected chi connectivity index (χ0v) is 19.7. The van der Waals surface area contributed by atoms with Crippen LogP contribution in [0, 0.1) is 0 Å². The van der Waals surface area contributed by atoms with Gasteiger partial charge in [-0.2, -0.15) is 8.78 Å². The SMILES string of the molecule is CCNC(=NCc1cc(OC)ccc1OC(F)F)NCC(C)(C)S(C)(=O)=O.I. The molecule has 0 aliphatic heterocycles. The highest BCUT2D eigenvalue weighted by Crippen LogP contribution is 2.26. The van der Waals surface area contributed by atoms with Crippen LogP contribution < -0.4 is 20.1 Å². The highest BCUT2D eigenvalue weighted by atomic mass is 127. The van der Waals surface area contributed by atoms with E-state index in [1.165, 1.54) is 25.5 Å². The highest BCUT2D eigenvalue weighted by Gasteiger charge is 2.30. The lowest BCUT2D eigenvalue weighted by Crippen LogP contribution is -2.47. The van der Waals surface area contributed by atoms with Gasteiger partial charge in [0.05, 0.1) is 18.4 Å².